The maximum atomic E-state index is 12.7. The maximum absolute atomic E-state index is 12.7. The highest BCUT2D eigenvalue weighted by Gasteiger charge is 2.25. The lowest BCUT2D eigenvalue weighted by Gasteiger charge is -2.25. The van der Waals surface area contributed by atoms with Gasteiger partial charge >= 0.3 is 0 Å². The summed E-state index contributed by atoms with van der Waals surface area (Å²) in [5.74, 6) is 0.671. The summed E-state index contributed by atoms with van der Waals surface area (Å²) in [6.45, 7) is 9.38. The summed E-state index contributed by atoms with van der Waals surface area (Å²) >= 11 is 5.96. The number of hydrogen-bond acceptors (Lipinski definition) is 4. The Bertz CT molecular complexity index is 638. The summed E-state index contributed by atoms with van der Waals surface area (Å²) in [4.78, 5) is 28.4. The van der Waals surface area contributed by atoms with Crippen molar-refractivity contribution in [2.45, 2.75) is 33.3 Å². The summed E-state index contributed by atoms with van der Waals surface area (Å²) < 4.78 is 5.85. The minimum atomic E-state index is -0.565. The molecule has 26 heavy (non-hydrogen) atoms. The first-order valence-electron chi connectivity index (χ1n) is 9.11. The quantitative estimate of drug-likeness (QED) is 0.819. The molecule has 1 aromatic carbocycles. The number of likely N-dealkylation sites (N-methyl/N-ethyl adjacent to an activating group) is 1. The van der Waals surface area contributed by atoms with E-state index in [0.29, 0.717) is 43.5 Å². The Kier molecular flexibility index (Phi) is 7.72. The van der Waals surface area contributed by atoms with Crippen molar-refractivity contribution in [3.05, 3.63) is 28.8 Å². The average Bonchev–Trinajstić information content (AvgIpc) is 2.82. The van der Waals surface area contributed by atoms with E-state index in [4.69, 9.17) is 16.3 Å². The fraction of sp³-hybridized carbons (Fsp3) is 0.579. The first-order chi connectivity index (χ1) is 12.4. The van der Waals surface area contributed by atoms with E-state index >= 15 is 0 Å². The van der Waals surface area contributed by atoms with Gasteiger partial charge < -0.3 is 15.0 Å². The van der Waals surface area contributed by atoms with Crippen molar-refractivity contribution in [3.63, 3.8) is 0 Å². The summed E-state index contributed by atoms with van der Waals surface area (Å²) in [7, 11) is 0. The molecule has 1 aliphatic heterocycles. The van der Waals surface area contributed by atoms with Crippen LogP contribution in [0.2, 0.25) is 5.02 Å². The topological polar surface area (TPSA) is 61.9 Å². The molecule has 0 radical (unpaired) electrons. The van der Waals surface area contributed by atoms with Crippen LogP contribution in [0.15, 0.2) is 18.2 Å². The van der Waals surface area contributed by atoms with Gasteiger partial charge in [-0.1, -0.05) is 11.6 Å². The highest BCUT2D eigenvalue weighted by Crippen LogP contribution is 2.23. The van der Waals surface area contributed by atoms with Crippen molar-refractivity contribution in [2.24, 2.45) is 0 Å². The lowest BCUT2D eigenvalue weighted by Crippen LogP contribution is -2.43. The number of amides is 2. The fourth-order valence-corrected chi connectivity index (χ4v) is 3.28. The van der Waals surface area contributed by atoms with Crippen molar-refractivity contribution < 1.29 is 14.3 Å². The molecule has 1 N–H and O–H groups in total. The van der Waals surface area contributed by atoms with Crippen molar-refractivity contribution in [1.29, 1.82) is 0 Å². The zero-order valence-corrected chi connectivity index (χ0v) is 16.5. The van der Waals surface area contributed by atoms with Crippen LogP contribution in [-0.4, -0.2) is 67.0 Å². The van der Waals surface area contributed by atoms with Crippen LogP contribution in [-0.2, 0) is 9.59 Å². The SMILES string of the molecule is CCNC(=O)CN1CCCN(C(=O)[C@@H](C)Oc2ccc(Cl)cc2C)CC1. The van der Waals surface area contributed by atoms with Crippen molar-refractivity contribution >= 4 is 23.4 Å². The monoisotopic (exact) mass is 381 g/mol. The lowest BCUT2D eigenvalue weighted by molar-refractivity contribution is -0.137. The number of benzene rings is 1. The molecule has 2 amide bonds. The molecule has 1 saturated heterocycles. The third-order valence-electron chi connectivity index (χ3n) is 4.43. The minimum absolute atomic E-state index is 0.0285. The van der Waals surface area contributed by atoms with Crippen LogP contribution in [0, 0.1) is 6.92 Å². The van der Waals surface area contributed by atoms with Gasteiger partial charge in [0.25, 0.3) is 5.91 Å². The number of nitrogens with one attached hydrogen (secondary N) is 1. The fourth-order valence-electron chi connectivity index (χ4n) is 3.05. The van der Waals surface area contributed by atoms with E-state index in [9.17, 15) is 9.59 Å². The van der Waals surface area contributed by atoms with Crippen LogP contribution in [0.1, 0.15) is 25.8 Å². The molecular weight excluding hydrogens is 354 g/mol. The Balaban J connectivity index is 1.89. The molecule has 7 heteroatoms. The van der Waals surface area contributed by atoms with E-state index < -0.39 is 6.10 Å². The molecule has 6 nitrogen and oxygen atoms in total. The second-order valence-corrected chi connectivity index (χ2v) is 7.01. The van der Waals surface area contributed by atoms with Gasteiger partial charge in [0.1, 0.15) is 5.75 Å². The van der Waals surface area contributed by atoms with Crippen LogP contribution in [0.4, 0.5) is 0 Å². The lowest BCUT2D eigenvalue weighted by atomic mass is 10.2. The Labute approximate surface area is 160 Å². The minimum Gasteiger partial charge on any atom is -0.481 e. The summed E-state index contributed by atoms with van der Waals surface area (Å²) in [6.07, 6.45) is 0.280. The normalized spacial score (nSPS) is 16.7. The predicted molar refractivity (Wildman–Crippen MR) is 103 cm³/mol. The van der Waals surface area contributed by atoms with Gasteiger partial charge in [0.15, 0.2) is 6.10 Å². The number of nitrogens with zero attached hydrogens (tertiary/aromatic N) is 2. The van der Waals surface area contributed by atoms with Crippen LogP contribution in [0.5, 0.6) is 5.75 Å². The molecule has 0 aromatic heterocycles. The van der Waals surface area contributed by atoms with E-state index in [1.807, 2.05) is 24.8 Å². The van der Waals surface area contributed by atoms with E-state index in [-0.39, 0.29) is 11.8 Å². The molecule has 1 aliphatic rings. The van der Waals surface area contributed by atoms with E-state index in [0.717, 1.165) is 18.5 Å². The first kappa shape index (κ1) is 20.5. The predicted octanol–water partition coefficient (Wildman–Crippen LogP) is 2.09. The molecule has 0 unspecified atom stereocenters. The van der Waals surface area contributed by atoms with Gasteiger partial charge in [-0.2, -0.15) is 0 Å². The molecule has 144 valence electrons. The van der Waals surface area contributed by atoms with E-state index in [1.54, 1.807) is 19.1 Å². The van der Waals surface area contributed by atoms with Crippen molar-refractivity contribution in [3.8, 4) is 5.75 Å². The Morgan fingerprint density at radius 2 is 2.04 bits per heavy atom. The van der Waals surface area contributed by atoms with Gasteiger partial charge in [-0.3, -0.25) is 14.5 Å². The molecule has 1 heterocycles. The second kappa shape index (κ2) is 9.78. The Morgan fingerprint density at radius 3 is 2.73 bits per heavy atom. The Hall–Kier alpha value is -1.79. The molecule has 1 fully saturated rings. The number of hydrogen-bond donors (Lipinski definition) is 1. The van der Waals surface area contributed by atoms with Gasteiger partial charge in [-0.25, -0.2) is 0 Å². The van der Waals surface area contributed by atoms with E-state index in [2.05, 4.69) is 10.2 Å². The number of carbonyl (C=O) groups is 2. The largest absolute Gasteiger partial charge is 0.481 e. The smallest absolute Gasteiger partial charge is 0.263 e. The van der Waals surface area contributed by atoms with Crippen molar-refractivity contribution in [2.75, 3.05) is 39.3 Å². The number of halogens is 1. The highest BCUT2D eigenvalue weighted by atomic mass is 35.5. The number of rotatable bonds is 6. The Morgan fingerprint density at radius 1 is 1.27 bits per heavy atom. The summed E-state index contributed by atoms with van der Waals surface area (Å²) in [5, 5.41) is 3.46. The molecule has 2 rings (SSSR count). The molecule has 1 atom stereocenters. The van der Waals surface area contributed by atoms with Gasteiger partial charge in [-0.05, 0) is 51.0 Å². The highest BCUT2D eigenvalue weighted by molar-refractivity contribution is 6.30. The number of carbonyl (C=O) groups excluding carboxylic acids is 2. The van der Waals surface area contributed by atoms with Crippen LogP contribution in [0.3, 0.4) is 0 Å². The first-order valence-corrected chi connectivity index (χ1v) is 9.49. The van der Waals surface area contributed by atoms with Crippen LogP contribution < -0.4 is 10.1 Å². The zero-order valence-electron chi connectivity index (χ0n) is 15.8. The van der Waals surface area contributed by atoms with Gasteiger partial charge in [0, 0.05) is 37.7 Å². The van der Waals surface area contributed by atoms with Gasteiger partial charge in [0.05, 0.1) is 6.54 Å². The van der Waals surface area contributed by atoms with Gasteiger partial charge in [0.2, 0.25) is 5.91 Å². The number of ether oxygens (including phenoxy) is 1. The molecule has 0 saturated carbocycles. The third-order valence-corrected chi connectivity index (χ3v) is 4.66. The zero-order chi connectivity index (χ0) is 19.1. The van der Waals surface area contributed by atoms with Crippen LogP contribution in [0.25, 0.3) is 0 Å². The molecular formula is C19H28ClN3O3. The third kappa shape index (κ3) is 5.88. The van der Waals surface area contributed by atoms with E-state index in [1.165, 1.54) is 0 Å². The average molecular weight is 382 g/mol. The van der Waals surface area contributed by atoms with Crippen LogP contribution >= 0.6 is 11.6 Å². The molecule has 0 bridgehead atoms. The molecule has 1 aromatic rings. The second-order valence-electron chi connectivity index (χ2n) is 6.58. The van der Waals surface area contributed by atoms with Gasteiger partial charge in [-0.15, -0.1) is 0 Å². The standard InChI is InChI=1S/C19H28ClN3O3/c1-4-21-18(24)13-22-8-5-9-23(11-10-22)19(25)15(3)26-17-7-6-16(20)12-14(17)2/h6-7,12,15H,4-5,8-11,13H2,1-3H3,(H,21,24)/t15-/m1/s1. The summed E-state index contributed by atoms with van der Waals surface area (Å²) in [5.41, 5.74) is 0.904. The number of aryl methyl sites for hydroxylation is 1. The summed E-state index contributed by atoms with van der Waals surface area (Å²) in [6, 6.07) is 5.36. The molecule has 0 aliphatic carbocycles. The van der Waals surface area contributed by atoms with Crippen molar-refractivity contribution in [1.82, 2.24) is 15.1 Å². The molecule has 0 spiro atoms. The maximum Gasteiger partial charge on any atom is 0.263 e.